The second-order valence-electron chi connectivity index (χ2n) is 6.10. The zero-order valence-electron chi connectivity index (χ0n) is 12.5. The van der Waals surface area contributed by atoms with E-state index in [2.05, 4.69) is 35.9 Å². The van der Waals surface area contributed by atoms with Gasteiger partial charge in [-0.1, -0.05) is 19.9 Å². The fourth-order valence-electron chi connectivity index (χ4n) is 3.07. The molecule has 0 bridgehead atoms. The highest BCUT2D eigenvalue weighted by atomic mass is 15.2. The maximum absolute atomic E-state index is 6.00. The van der Waals surface area contributed by atoms with E-state index in [9.17, 15) is 0 Å². The van der Waals surface area contributed by atoms with Crippen molar-refractivity contribution in [2.24, 2.45) is 17.6 Å². The number of nitrogens with two attached hydrogens (primary N) is 1. The molecule has 1 aliphatic rings. The molecule has 1 aliphatic heterocycles. The normalized spacial score (nSPS) is 19.8. The first-order chi connectivity index (χ1) is 9.11. The summed E-state index contributed by atoms with van der Waals surface area (Å²) in [7, 11) is 0. The molecule has 1 aromatic heterocycles. The van der Waals surface area contributed by atoms with Crippen molar-refractivity contribution >= 4 is 0 Å². The number of hydrogen-bond acceptors (Lipinski definition) is 3. The Bertz CT molecular complexity index is 377. The van der Waals surface area contributed by atoms with Gasteiger partial charge in [0.15, 0.2) is 0 Å². The Labute approximate surface area is 117 Å². The fraction of sp³-hybridized carbons (Fsp3) is 0.688. The molecule has 0 amide bonds. The number of piperidine rings is 1. The van der Waals surface area contributed by atoms with Crippen LogP contribution in [0.25, 0.3) is 0 Å². The molecule has 19 heavy (non-hydrogen) atoms. The van der Waals surface area contributed by atoms with Gasteiger partial charge >= 0.3 is 0 Å². The molecule has 0 spiro atoms. The fourth-order valence-corrected chi connectivity index (χ4v) is 3.07. The van der Waals surface area contributed by atoms with Crippen molar-refractivity contribution in [2.45, 2.75) is 39.7 Å². The summed E-state index contributed by atoms with van der Waals surface area (Å²) in [6.07, 6.45) is 4.59. The van der Waals surface area contributed by atoms with E-state index in [0.29, 0.717) is 12.6 Å². The number of pyridine rings is 1. The van der Waals surface area contributed by atoms with E-state index in [0.717, 1.165) is 17.5 Å². The number of aryl methyl sites for hydroxylation is 1. The van der Waals surface area contributed by atoms with Gasteiger partial charge in [0.05, 0.1) is 0 Å². The first kappa shape index (κ1) is 14.5. The number of likely N-dealkylation sites (tertiary alicyclic amines) is 1. The Morgan fingerprint density at radius 1 is 1.32 bits per heavy atom. The van der Waals surface area contributed by atoms with Gasteiger partial charge in [0.1, 0.15) is 0 Å². The van der Waals surface area contributed by atoms with Crippen molar-refractivity contribution in [3.63, 3.8) is 0 Å². The average Bonchev–Trinajstić information content (AvgIpc) is 2.42. The highest BCUT2D eigenvalue weighted by molar-refractivity contribution is 5.18. The summed E-state index contributed by atoms with van der Waals surface area (Å²) in [5.41, 5.74) is 8.33. The lowest BCUT2D eigenvalue weighted by atomic mass is 9.86. The van der Waals surface area contributed by atoms with Crippen molar-refractivity contribution in [3.8, 4) is 0 Å². The van der Waals surface area contributed by atoms with Crippen molar-refractivity contribution in [3.05, 3.63) is 29.6 Å². The minimum atomic E-state index is 0.334. The smallest absolute Gasteiger partial charge is 0.0485 e. The number of nitrogens with zero attached hydrogens (tertiary/aromatic N) is 2. The molecule has 3 nitrogen and oxygen atoms in total. The third-order valence-corrected chi connectivity index (χ3v) is 4.50. The third kappa shape index (κ3) is 3.54. The van der Waals surface area contributed by atoms with Gasteiger partial charge in [-0.15, -0.1) is 0 Å². The van der Waals surface area contributed by atoms with E-state index in [1.54, 1.807) is 0 Å². The summed E-state index contributed by atoms with van der Waals surface area (Å²) in [5, 5.41) is 0. The van der Waals surface area contributed by atoms with Crippen molar-refractivity contribution in [1.82, 2.24) is 9.88 Å². The zero-order valence-corrected chi connectivity index (χ0v) is 12.5. The molecular weight excluding hydrogens is 234 g/mol. The monoisotopic (exact) mass is 261 g/mol. The van der Waals surface area contributed by atoms with E-state index >= 15 is 0 Å². The van der Waals surface area contributed by atoms with Crippen LogP contribution in [0.3, 0.4) is 0 Å². The molecule has 1 saturated heterocycles. The minimum Gasteiger partial charge on any atom is -0.329 e. The second-order valence-corrected chi connectivity index (χ2v) is 6.10. The Balaban J connectivity index is 2.01. The van der Waals surface area contributed by atoms with E-state index < -0.39 is 0 Å². The van der Waals surface area contributed by atoms with Crippen LogP contribution in [-0.4, -0.2) is 29.5 Å². The quantitative estimate of drug-likeness (QED) is 0.906. The number of rotatable bonds is 4. The summed E-state index contributed by atoms with van der Waals surface area (Å²) in [6, 6.07) is 4.59. The highest BCUT2D eigenvalue weighted by Gasteiger charge is 2.26. The molecule has 0 aliphatic carbocycles. The van der Waals surface area contributed by atoms with Gasteiger partial charge < -0.3 is 5.73 Å². The Kier molecular flexibility index (Phi) is 4.94. The Morgan fingerprint density at radius 2 is 2.00 bits per heavy atom. The summed E-state index contributed by atoms with van der Waals surface area (Å²) in [4.78, 5) is 6.94. The first-order valence-corrected chi connectivity index (χ1v) is 7.48. The van der Waals surface area contributed by atoms with Gasteiger partial charge in [0.25, 0.3) is 0 Å². The highest BCUT2D eigenvalue weighted by Crippen LogP contribution is 2.29. The van der Waals surface area contributed by atoms with Crippen LogP contribution in [0, 0.1) is 18.8 Å². The van der Waals surface area contributed by atoms with E-state index in [4.69, 9.17) is 5.73 Å². The van der Waals surface area contributed by atoms with E-state index in [1.807, 2.05) is 13.1 Å². The molecule has 1 atom stereocenters. The van der Waals surface area contributed by atoms with Crippen LogP contribution in [0.4, 0.5) is 0 Å². The van der Waals surface area contributed by atoms with E-state index in [-0.39, 0.29) is 0 Å². The van der Waals surface area contributed by atoms with Crippen molar-refractivity contribution in [2.75, 3.05) is 19.6 Å². The average molecular weight is 261 g/mol. The predicted octanol–water partition coefficient (Wildman–Crippen LogP) is 2.76. The lowest BCUT2D eigenvalue weighted by Gasteiger charge is -2.38. The van der Waals surface area contributed by atoms with Crippen molar-refractivity contribution < 1.29 is 0 Å². The molecule has 1 aromatic rings. The standard InChI is InChI=1S/C16H27N3/c1-12(2)14-6-8-19(9-7-14)16(10-17)15-5-4-13(3)18-11-15/h4-5,11-12,14,16H,6-10,17H2,1-3H3. The van der Waals surface area contributed by atoms with Crippen LogP contribution < -0.4 is 5.73 Å². The third-order valence-electron chi connectivity index (χ3n) is 4.50. The van der Waals surface area contributed by atoms with Gasteiger partial charge in [-0.3, -0.25) is 9.88 Å². The Hall–Kier alpha value is -0.930. The van der Waals surface area contributed by atoms with Crippen LogP contribution in [-0.2, 0) is 0 Å². The van der Waals surface area contributed by atoms with Gasteiger partial charge in [0.2, 0.25) is 0 Å². The van der Waals surface area contributed by atoms with Crippen molar-refractivity contribution in [1.29, 1.82) is 0 Å². The van der Waals surface area contributed by atoms with E-state index in [1.165, 1.54) is 31.5 Å². The molecule has 0 radical (unpaired) electrons. The first-order valence-electron chi connectivity index (χ1n) is 7.48. The van der Waals surface area contributed by atoms with Crippen LogP contribution in [0.5, 0.6) is 0 Å². The van der Waals surface area contributed by atoms with Gasteiger partial charge in [0, 0.05) is 24.5 Å². The van der Waals surface area contributed by atoms with Gasteiger partial charge in [-0.25, -0.2) is 0 Å². The van der Waals surface area contributed by atoms with Gasteiger partial charge in [-0.05, 0) is 56.3 Å². The topological polar surface area (TPSA) is 42.1 Å². The maximum Gasteiger partial charge on any atom is 0.0485 e. The van der Waals surface area contributed by atoms with Gasteiger partial charge in [-0.2, -0.15) is 0 Å². The number of aromatic nitrogens is 1. The molecule has 3 heteroatoms. The molecule has 2 rings (SSSR count). The summed E-state index contributed by atoms with van der Waals surface area (Å²) >= 11 is 0. The molecule has 1 unspecified atom stereocenters. The molecule has 1 fully saturated rings. The maximum atomic E-state index is 6.00. The minimum absolute atomic E-state index is 0.334. The Morgan fingerprint density at radius 3 is 2.47 bits per heavy atom. The molecule has 106 valence electrons. The lowest BCUT2D eigenvalue weighted by molar-refractivity contribution is 0.117. The molecule has 0 saturated carbocycles. The summed E-state index contributed by atoms with van der Waals surface area (Å²) < 4.78 is 0. The van der Waals surface area contributed by atoms with Crippen LogP contribution in [0.1, 0.15) is 44.0 Å². The second kappa shape index (κ2) is 6.49. The molecule has 2 heterocycles. The van der Waals surface area contributed by atoms with Crippen LogP contribution >= 0.6 is 0 Å². The molecular formula is C16H27N3. The predicted molar refractivity (Wildman–Crippen MR) is 79.9 cm³/mol. The molecule has 0 aromatic carbocycles. The van der Waals surface area contributed by atoms with Crippen LogP contribution in [0.15, 0.2) is 18.3 Å². The summed E-state index contributed by atoms with van der Waals surface area (Å²) in [5.74, 6) is 1.69. The summed E-state index contributed by atoms with van der Waals surface area (Å²) in [6.45, 7) is 9.71. The van der Waals surface area contributed by atoms with Crippen LogP contribution in [0.2, 0.25) is 0 Å². The number of hydrogen-bond donors (Lipinski definition) is 1. The molecule has 2 N–H and O–H groups in total. The lowest BCUT2D eigenvalue weighted by Crippen LogP contribution is -2.40. The SMILES string of the molecule is Cc1ccc(C(CN)N2CCC(C(C)C)CC2)cn1. The largest absolute Gasteiger partial charge is 0.329 e. The zero-order chi connectivity index (χ0) is 13.8.